The van der Waals surface area contributed by atoms with Crippen molar-refractivity contribution in [2.24, 2.45) is 39.4 Å². The molecule has 0 aliphatic carbocycles. The number of amides is 6. The van der Waals surface area contributed by atoms with Gasteiger partial charge in [0.2, 0.25) is 35.4 Å². The summed E-state index contributed by atoms with van der Waals surface area (Å²) in [5, 5.41) is 44.5. The van der Waals surface area contributed by atoms with Gasteiger partial charge in [0.1, 0.15) is 42.5 Å². The molecule has 0 bridgehead atoms. The first-order valence-corrected chi connectivity index (χ1v) is 18.0. The van der Waals surface area contributed by atoms with E-state index in [2.05, 4.69) is 36.9 Å². The molecule has 54 heavy (non-hydrogen) atoms. The highest BCUT2D eigenvalue weighted by molar-refractivity contribution is 5.96. The van der Waals surface area contributed by atoms with E-state index in [1.807, 2.05) is 20.8 Å². The monoisotopic (exact) mass is 772 g/mol. The summed E-state index contributed by atoms with van der Waals surface area (Å²) in [4.78, 5) is 94.0. The summed E-state index contributed by atoms with van der Waals surface area (Å²) in [5.41, 5.74) is 16.3. The lowest BCUT2D eigenvalue weighted by atomic mass is 9.87. The van der Waals surface area contributed by atoms with Gasteiger partial charge in [-0.15, -0.1) is 0 Å². The number of nitrogens with one attached hydrogen (secondary N) is 6. The summed E-state index contributed by atoms with van der Waals surface area (Å²) in [7, 11) is 0. The molecule has 0 unspecified atom stereocenters. The van der Waals surface area contributed by atoms with Crippen molar-refractivity contribution < 1.29 is 48.9 Å². The normalized spacial score (nSPS) is 16.5. The summed E-state index contributed by atoms with van der Waals surface area (Å²) < 4.78 is 0. The van der Waals surface area contributed by atoms with E-state index in [0.29, 0.717) is 12.7 Å². The molecule has 9 atom stereocenters. The van der Waals surface area contributed by atoms with Crippen LogP contribution >= 0.6 is 0 Å². The van der Waals surface area contributed by atoms with Crippen molar-refractivity contribution in [1.82, 2.24) is 31.9 Å². The number of hydrogen-bond donors (Lipinski definition) is 12. The first-order valence-electron chi connectivity index (χ1n) is 18.0. The minimum absolute atomic E-state index is 0.00697. The summed E-state index contributed by atoms with van der Waals surface area (Å²) in [6.07, 6.45) is -1.64. The van der Waals surface area contributed by atoms with Crippen LogP contribution in [-0.2, 0) is 33.6 Å². The predicted octanol–water partition coefficient (Wildman–Crippen LogP) is -4.02. The van der Waals surface area contributed by atoms with Crippen molar-refractivity contribution in [2.45, 2.75) is 130 Å². The number of carbonyl (C=O) groups excluding carboxylic acids is 7. The largest absolute Gasteiger partial charge is 0.394 e. The molecule has 6 amide bonds. The second-order valence-electron chi connectivity index (χ2n) is 14.9. The predicted molar refractivity (Wildman–Crippen MR) is 200 cm³/mol. The fourth-order valence-corrected chi connectivity index (χ4v) is 4.97. The Morgan fingerprint density at radius 2 is 1.35 bits per heavy atom. The van der Waals surface area contributed by atoms with Crippen LogP contribution in [0.2, 0.25) is 0 Å². The first-order chi connectivity index (χ1) is 25.0. The zero-order valence-electron chi connectivity index (χ0n) is 32.7. The molecule has 0 aliphatic rings. The Hall–Kier alpha value is -4.40. The first kappa shape index (κ1) is 49.6. The molecule has 310 valence electrons. The van der Waals surface area contributed by atoms with Crippen LogP contribution < -0.4 is 49.1 Å². The number of nitrogens with zero attached hydrogens (tertiary/aromatic N) is 1. The van der Waals surface area contributed by atoms with Crippen LogP contribution in [0.3, 0.4) is 0 Å². The molecule has 0 saturated carbocycles. The van der Waals surface area contributed by atoms with Gasteiger partial charge in [0.15, 0.2) is 5.96 Å². The Bertz CT molecular complexity index is 1290. The summed E-state index contributed by atoms with van der Waals surface area (Å²) in [6.45, 7) is 12.3. The van der Waals surface area contributed by atoms with Gasteiger partial charge in [0.25, 0.3) is 0 Å². The molecule has 0 heterocycles. The van der Waals surface area contributed by atoms with E-state index in [-0.39, 0.29) is 37.7 Å². The number of carbonyl (C=O) groups is 7. The van der Waals surface area contributed by atoms with E-state index in [1.54, 1.807) is 27.7 Å². The lowest BCUT2D eigenvalue weighted by molar-refractivity contribution is -0.137. The molecule has 0 radical (unpaired) electrons. The van der Waals surface area contributed by atoms with Crippen molar-refractivity contribution in [3.63, 3.8) is 0 Å². The fraction of sp³-hybridized carbons (Fsp3) is 0.765. The summed E-state index contributed by atoms with van der Waals surface area (Å²) in [5.74, 6) is -5.98. The molecule has 0 aromatic heterocycles. The average Bonchev–Trinajstić information content (AvgIpc) is 3.09. The minimum Gasteiger partial charge on any atom is -0.394 e. The number of rotatable bonds is 24. The van der Waals surface area contributed by atoms with Gasteiger partial charge >= 0.3 is 0 Å². The highest BCUT2D eigenvalue weighted by atomic mass is 16.3. The molecule has 0 aliphatic heterocycles. The molecule has 0 aromatic carbocycles. The highest BCUT2D eigenvalue weighted by Gasteiger charge is 2.36. The maximum atomic E-state index is 13.9. The number of aliphatic imine (C=N–C) groups is 1. The smallest absolute Gasteiger partial charge is 0.245 e. The van der Waals surface area contributed by atoms with Gasteiger partial charge in [0, 0.05) is 6.54 Å². The quantitative estimate of drug-likeness (QED) is 0.0193. The number of nitrogens with two attached hydrogens (primary N) is 3. The number of hydrogen-bond acceptors (Lipinski definition) is 12. The molecule has 20 nitrogen and oxygen atoms in total. The van der Waals surface area contributed by atoms with Crippen molar-refractivity contribution in [2.75, 3.05) is 19.7 Å². The van der Waals surface area contributed by atoms with E-state index in [1.165, 1.54) is 6.92 Å². The van der Waals surface area contributed by atoms with Crippen LogP contribution in [0.25, 0.3) is 0 Å². The van der Waals surface area contributed by atoms with Crippen molar-refractivity contribution >= 4 is 47.7 Å². The standard InChI is InChI=1S/C34H64N10O10/c1-9-18(4)25(32(54)44-26(19(5)47)31(53)39-14-23(48)40-20(15-45)16-46)43-28(50)21(11-10-12-38-33(36)37)41-29(51)22(13-34(6,7)8)42-30(52)24(35)27(49)17(2)3/h15,17-22,24-27,46-47,49H,9-14,16,35H2,1-8H3,(H,39,53)(H,40,48)(H,41,51)(H,42,52)(H,43,50)(H,44,54)(H4,36,37,38)/t18-,19-,20+,21+,22-,24-,25-,26-,27+/m0/s1. The van der Waals surface area contributed by atoms with Crippen molar-refractivity contribution in [3.05, 3.63) is 0 Å². The zero-order chi connectivity index (χ0) is 41.9. The molecular weight excluding hydrogens is 708 g/mol. The van der Waals surface area contributed by atoms with Crippen LogP contribution in [0.4, 0.5) is 0 Å². The van der Waals surface area contributed by atoms with E-state index >= 15 is 0 Å². The van der Waals surface area contributed by atoms with E-state index in [0.717, 1.165) is 0 Å². The molecule has 0 rings (SSSR count). The zero-order valence-corrected chi connectivity index (χ0v) is 32.7. The second-order valence-corrected chi connectivity index (χ2v) is 14.9. The van der Waals surface area contributed by atoms with Crippen LogP contribution in [0.5, 0.6) is 0 Å². The lowest BCUT2D eigenvalue weighted by Crippen LogP contribution is -2.62. The van der Waals surface area contributed by atoms with Crippen molar-refractivity contribution in [3.8, 4) is 0 Å². The van der Waals surface area contributed by atoms with Crippen LogP contribution in [0.1, 0.15) is 81.1 Å². The second kappa shape index (κ2) is 24.1. The van der Waals surface area contributed by atoms with Crippen molar-refractivity contribution in [1.29, 1.82) is 0 Å². The van der Waals surface area contributed by atoms with Gasteiger partial charge in [0.05, 0.1) is 25.4 Å². The number of aliphatic hydroxyl groups is 3. The van der Waals surface area contributed by atoms with Crippen LogP contribution in [0.15, 0.2) is 4.99 Å². The van der Waals surface area contributed by atoms with Crippen LogP contribution in [-0.4, -0.2) is 131 Å². The van der Waals surface area contributed by atoms with Gasteiger partial charge in [-0.05, 0) is 43.4 Å². The van der Waals surface area contributed by atoms with Gasteiger partial charge in [-0.1, -0.05) is 54.9 Å². The molecule has 0 aromatic rings. The third-order valence-electron chi connectivity index (χ3n) is 8.37. The van der Waals surface area contributed by atoms with Gasteiger partial charge in [-0.2, -0.15) is 0 Å². The Kier molecular flexibility index (Phi) is 22.1. The molecule has 15 N–H and O–H groups in total. The average molecular weight is 773 g/mol. The Morgan fingerprint density at radius 1 is 0.796 bits per heavy atom. The molecule has 0 fully saturated rings. The van der Waals surface area contributed by atoms with E-state index in [4.69, 9.17) is 22.3 Å². The number of aliphatic hydroxyl groups excluding tert-OH is 3. The summed E-state index contributed by atoms with van der Waals surface area (Å²) in [6, 6.07) is -7.83. The molecule has 20 heteroatoms. The van der Waals surface area contributed by atoms with Gasteiger partial charge in [-0.25, -0.2) is 0 Å². The van der Waals surface area contributed by atoms with Crippen LogP contribution in [0, 0.1) is 17.3 Å². The third kappa shape index (κ3) is 18.6. The van der Waals surface area contributed by atoms with E-state index < -0.39 is 108 Å². The topological polar surface area (TPSA) is 343 Å². The molecule has 0 saturated heterocycles. The maximum Gasteiger partial charge on any atom is 0.245 e. The Morgan fingerprint density at radius 3 is 1.83 bits per heavy atom. The van der Waals surface area contributed by atoms with Gasteiger partial charge in [-0.3, -0.25) is 33.8 Å². The lowest BCUT2D eigenvalue weighted by Gasteiger charge is -2.31. The fourth-order valence-electron chi connectivity index (χ4n) is 4.97. The highest BCUT2D eigenvalue weighted by Crippen LogP contribution is 2.21. The molecular formula is C34H64N10O10. The van der Waals surface area contributed by atoms with Gasteiger partial charge < -0.3 is 69.2 Å². The number of aldehydes is 1. The van der Waals surface area contributed by atoms with E-state index in [9.17, 15) is 43.8 Å². The Balaban J connectivity index is 6.30. The summed E-state index contributed by atoms with van der Waals surface area (Å²) >= 11 is 0. The third-order valence-corrected chi connectivity index (χ3v) is 8.37. The Labute approximate surface area is 317 Å². The SMILES string of the molecule is CC[C@H](C)[C@H](NC(=O)[C@@H](CCCN=C(N)N)NC(=O)[C@H](CC(C)(C)C)NC(=O)[C@@H](N)[C@H](O)C(C)C)C(=O)N[C@H](C(=O)NCC(=O)N[C@H](C=O)CO)[C@H](C)O. The maximum absolute atomic E-state index is 13.9. The molecule has 0 spiro atoms. The number of guanidine groups is 1. The minimum atomic E-state index is -1.58.